The second kappa shape index (κ2) is 5.66. The Balaban J connectivity index is 2.12. The summed E-state index contributed by atoms with van der Waals surface area (Å²) >= 11 is 15.3. The zero-order valence-electron chi connectivity index (χ0n) is 10.4. The second-order valence-electron chi connectivity index (χ2n) is 4.73. The van der Waals surface area contributed by atoms with E-state index in [1.54, 1.807) is 16.7 Å². The molecular formula is C12H11BrCl2N2O4. The first-order chi connectivity index (χ1) is 9.93. The van der Waals surface area contributed by atoms with Crippen molar-refractivity contribution in [3.8, 4) is 0 Å². The van der Waals surface area contributed by atoms with Gasteiger partial charge in [-0.15, -0.1) is 0 Å². The van der Waals surface area contributed by atoms with Crippen LogP contribution in [0.4, 0.5) is 0 Å². The molecule has 0 bridgehead atoms. The molecule has 21 heavy (non-hydrogen) atoms. The van der Waals surface area contributed by atoms with E-state index in [2.05, 4.69) is 20.9 Å². The maximum absolute atomic E-state index is 10.1. The molecule has 1 unspecified atom stereocenters. The van der Waals surface area contributed by atoms with Gasteiger partial charge in [-0.25, -0.2) is 4.98 Å². The highest BCUT2D eigenvalue weighted by molar-refractivity contribution is 9.10. The molecule has 1 saturated heterocycles. The Morgan fingerprint density at radius 3 is 2.52 bits per heavy atom. The van der Waals surface area contributed by atoms with Crippen LogP contribution in [0.25, 0.3) is 11.0 Å². The number of aliphatic hydroxyl groups excluding tert-OH is 3. The number of aliphatic hydroxyl groups is 3. The Labute approximate surface area is 138 Å². The predicted molar refractivity (Wildman–Crippen MR) is 80.5 cm³/mol. The molecule has 2 heterocycles. The van der Waals surface area contributed by atoms with Gasteiger partial charge in [-0.05, 0) is 28.1 Å². The molecule has 6 nitrogen and oxygen atoms in total. The Hall–Kier alpha value is -0.410. The lowest BCUT2D eigenvalue weighted by molar-refractivity contribution is -0.0518. The molecule has 0 spiro atoms. The molecule has 3 rings (SSSR count). The van der Waals surface area contributed by atoms with Crippen molar-refractivity contribution in [2.45, 2.75) is 24.5 Å². The molecule has 1 fully saturated rings. The third-order valence-electron chi connectivity index (χ3n) is 3.46. The van der Waals surface area contributed by atoms with E-state index < -0.39 is 31.1 Å². The minimum atomic E-state index is -1.20. The van der Waals surface area contributed by atoms with Crippen LogP contribution in [0, 0.1) is 0 Å². The van der Waals surface area contributed by atoms with E-state index >= 15 is 0 Å². The molecule has 1 aliphatic heterocycles. The third-order valence-corrected chi connectivity index (χ3v) is 4.74. The van der Waals surface area contributed by atoms with Gasteiger partial charge in [0, 0.05) is 0 Å². The SMILES string of the molecule is OC[C@H]1OC(n2c(Br)nc3cc(Cl)c(Cl)cc32)[C@H](O)[C@@H]1O. The first-order valence-corrected chi connectivity index (χ1v) is 7.64. The summed E-state index contributed by atoms with van der Waals surface area (Å²) in [7, 11) is 0. The number of rotatable bonds is 2. The van der Waals surface area contributed by atoms with Crippen LogP contribution >= 0.6 is 39.1 Å². The van der Waals surface area contributed by atoms with Crippen molar-refractivity contribution in [1.29, 1.82) is 0 Å². The highest BCUT2D eigenvalue weighted by Gasteiger charge is 2.44. The van der Waals surface area contributed by atoms with Crippen molar-refractivity contribution in [3.63, 3.8) is 0 Å². The molecule has 0 saturated carbocycles. The molecule has 2 aromatic rings. The van der Waals surface area contributed by atoms with Crippen LogP contribution in [0.1, 0.15) is 6.23 Å². The van der Waals surface area contributed by atoms with Gasteiger partial charge in [0.25, 0.3) is 0 Å². The van der Waals surface area contributed by atoms with Crippen LogP contribution in [0.5, 0.6) is 0 Å². The van der Waals surface area contributed by atoms with E-state index in [9.17, 15) is 10.2 Å². The third kappa shape index (κ3) is 2.46. The van der Waals surface area contributed by atoms with Crippen molar-refractivity contribution in [2.24, 2.45) is 0 Å². The van der Waals surface area contributed by atoms with Gasteiger partial charge in [-0.3, -0.25) is 4.57 Å². The fourth-order valence-corrected chi connectivity index (χ4v) is 3.30. The molecule has 0 aliphatic carbocycles. The smallest absolute Gasteiger partial charge is 0.180 e. The summed E-state index contributed by atoms with van der Waals surface area (Å²) in [6.45, 7) is -0.397. The Bertz CT molecular complexity index is 695. The average Bonchev–Trinajstić information content (AvgIpc) is 2.89. The van der Waals surface area contributed by atoms with Crippen molar-refractivity contribution >= 4 is 50.2 Å². The average molecular weight is 398 g/mol. The summed E-state index contributed by atoms with van der Waals surface area (Å²) < 4.78 is 7.46. The van der Waals surface area contributed by atoms with E-state index in [-0.39, 0.29) is 0 Å². The van der Waals surface area contributed by atoms with E-state index in [0.717, 1.165) is 0 Å². The molecule has 3 N–H and O–H groups in total. The van der Waals surface area contributed by atoms with E-state index in [1.165, 1.54) is 0 Å². The number of benzene rings is 1. The van der Waals surface area contributed by atoms with E-state index in [1.807, 2.05) is 0 Å². The maximum atomic E-state index is 10.1. The van der Waals surface area contributed by atoms with Crippen molar-refractivity contribution < 1.29 is 20.1 Å². The largest absolute Gasteiger partial charge is 0.394 e. The Morgan fingerprint density at radius 1 is 1.24 bits per heavy atom. The molecule has 0 amide bonds. The van der Waals surface area contributed by atoms with Crippen LogP contribution in [0.3, 0.4) is 0 Å². The lowest BCUT2D eigenvalue weighted by Crippen LogP contribution is -2.33. The van der Waals surface area contributed by atoms with Gasteiger partial charge in [0.1, 0.15) is 18.3 Å². The van der Waals surface area contributed by atoms with Gasteiger partial charge in [0.15, 0.2) is 11.0 Å². The molecule has 1 aromatic heterocycles. The maximum Gasteiger partial charge on any atom is 0.180 e. The predicted octanol–water partition coefficient (Wildman–Crippen LogP) is 1.72. The minimum Gasteiger partial charge on any atom is -0.394 e. The number of fused-ring (bicyclic) bond motifs is 1. The van der Waals surface area contributed by atoms with Gasteiger partial charge >= 0.3 is 0 Å². The number of imidazole rings is 1. The molecule has 114 valence electrons. The molecule has 0 radical (unpaired) electrons. The van der Waals surface area contributed by atoms with Crippen molar-refractivity contribution in [2.75, 3.05) is 6.61 Å². The number of ether oxygens (including phenoxy) is 1. The first kappa shape index (κ1) is 15.5. The van der Waals surface area contributed by atoms with Crippen LogP contribution in [-0.4, -0.2) is 49.8 Å². The molecule has 1 aliphatic rings. The van der Waals surface area contributed by atoms with Gasteiger partial charge in [-0.1, -0.05) is 23.2 Å². The molecule has 9 heteroatoms. The summed E-state index contributed by atoms with van der Waals surface area (Å²) in [4.78, 5) is 4.27. The van der Waals surface area contributed by atoms with Gasteiger partial charge in [0.2, 0.25) is 0 Å². The number of halogens is 3. The molecule has 4 atom stereocenters. The van der Waals surface area contributed by atoms with Gasteiger partial charge in [0.05, 0.1) is 27.7 Å². The molecular weight excluding hydrogens is 387 g/mol. The van der Waals surface area contributed by atoms with E-state index in [0.29, 0.717) is 25.8 Å². The number of aromatic nitrogens is 2. The zero-order chi connectivity index (χ0) is 15.3. The topological polar surface area (TPSA) is 87.7 Å². The quantitative estimate of drug-likeness (QED) is 0.718. The second-order valence-corrected chi connectivity index (χ2v) is 6.26. The monoisotopic (exact) mass is 396 g/mol. The highest BCUT2D eigenvalue weighted by Crippen LogP contribution is 2.37. The van der Waals surface area contributed by atoms with Crippen molar-refractivity contribution in [3.05, 3.63) is 26.9 Å². The standard InChI is InChI=1S/C12H11BrCl2N2O4/c13-12-16-6-1-4(14)5(15)2-7(6)17(12)11-10(20)9(19)8(3-18)21-11/h1-2,8-11,18-20H,3H2/t8-,9-,10-,11?/m1/s1. The summed E-state index contributed by atoms with van der Waals surface area (Å²) in [5.41, 5.74) is 1.15. The summed E-state index contributed by atoms with van der Waals surface area (Å²) in [5, 5.41) is 29.8. The Morgan fingerprint density at radius 2 is 1.90 bits per heavy atom. The summed E-state index contributed by atoms with van der Waals surface area (Å²) in [6.07, 6.45) is -4.15. The van der Waals surface area contributed by atoms with Crippen LogP contribution in [0.15, 0.2) is 16.9 Å². The fourth-order valence-electron chi connectivity index (χ4n) is 2.40. The van der Waals surface area contributed by atoms with Crippen LogP contribution in [-0.2, 0) is 4.74 Å². The van der Waals surface area contributed by atoms with Crippen LogP contribution < -0.4 is 0 Å². The lowest BCUT2D eigenvalue weighted by atomic mass is 10.1. The van der Waals surface area contributed by atoms with Crippen molar-refractivity contribution in [1.82, 2.24) is 9.55 Å². The summed E-state index contributed by atoms with van der Waals surface area (Å²) in [5.74, 6) is 0. The number of nitrogens with zero attached hydrogens (tertiary/aromatic N) is 2. The van der Waals surface area contributed by atoms with Crippen LogP contribution in [0.2, 0.25) is 10.0 Å². The number of hydrogen-bond donors (Lipinski definition) is 3. The molecule has 1 aromatic carbocycles. The van der Waals surface area contributed by atoms with Gasteiger partial charge in [-0.2, -0.15) is 0 Å². The summed E-state index contributed by atoms with van der Waals surface area (Å²) in [6, 6.07) is 3.20. The first-order valence-electron chi connectivity index (χ1n) is 6.09. The Kier molecular flexibility index (Phi) is 4.17. The minimum absolute atomic E-state index is 0.338. The normalized spacial score (nSPS) is 29.4. The lowest BCUT2D eigenvalue weighted by Gasteiger charge is -2.18. The van der Waals surface area contributed by atoms with Gasteiger partial charge < -0.3 is 20.1 Å². The fraction of sp³-hybridized carbons (Fsp3) is 0.417. The van der Waals surface area contributed by atoms with E-state index in [4.69, 9.17) is 33.0 Å². The highest BCUT2D eigenvalue weighted by atomic mass is 79.9. The zero-order valence-corrected chi connectivity index (χ0v) is 13.5. The number of hydrogen-bond acceptors (Lipinski definition) is 5.